The van der Waals surface area contributed by atoms with Crippen molar-refractivity contribution < 1.29 is 19.1 Å². The number of carbonyl (C=O) groups is 2. The Morgan fingerprint density at radius 2 is 1.97 bits per heavy atom. The van der Waals surface area contributed by atoms with Crippen LogP contribution in [0.25, 0.3) is 6.08 Å². The summed E-state index contributed by atoms with van der Waals surface area (Å²) < 4.78 is 10.7. The van der Waals surface area contributed by atoms with Crippen LogP contribution in [0.15, 0.2) is 58.4 Å². The van der Waals surface area contributed by atoms with E-state index in [1.165, 1.54) is 16.7 Å². The lowest BCUT2D eigenvalue weighted by atomic mass is 10.2. The molecule has 1 amide bonds. The molecule has 0 bridgehead atoms. The predicted octanol–water partition coefficient (Wildman–Crippen LogP) is 4.89. The number of hydrogen-bond acceptors (Lipinski definition) is 6. The Morgan fingerprint density at radius 3 is 2.73 bits per heavy atom. The SMILES string of the molecule is CCCOc1cccc(C=C2SC(=Nc3cccc(C(=O)OCC)c3)N(C)C2=O)c1. The van der Waals surface area contributed by atoms with Crippen molar-refractivity contribution in [2.75, 3.05) is 20.3 Å². The van der Waals surface area contributed by atoms with Crippen molar-refractivity contribution in [3.63, 3.8) is 0 Å². The zero-order valence-electron chi connectivity index (χ0n) is 17.3. The zero-order chi connectivity index (χ0) is 21.5. The molecule has 1 fully saturated rings. The van der Waals surface area contributed by atoms with E-state index < -0.39 is 5.97 Å². The number of carbonyl (C=O) groups excluding carboxylic acids is 2. The van der Waals surface area contributed by atoms with Gasteiger partial charge in [-0.3, -0.25) is 9.69 Å². The first-order valence-corrected chi connectivity index (χ1v) is 10.6. The molecule has 156 valence electrons. The number of amidine groups is 1. The molecule has 3 rings (SSSR count). The number of rotatable bonds is 7. The Bertz CT molecular complexity index is 1000. The Hall–Kier alpha value is -3.06. The summed E-state index contributed by atoms with van der Waals surface area (Å²) in [6.07, 6.45) is 2.77. The van der Waals surface area contributed by atoms with Crippen molar-refractivity contribution in [3.8, 4) is 5.75 Å². The van der Waals surface area contributed by atoms with Crippen LogP contribution in [0.4, 0.5) is 5.69 Å². The molecule has 0 spiro atoms. The van der Waals surface area contributed by atoms with Crippen LogP contribution in [0.1, 0.15) is 36.2 Å². The van der Waals surface area contributed by atoms with Crippen LogP contribution < -0.4 is 4.74 Å². The van der Waals surface area contributed by atoms with Crippen LogP contribution in [0.5, 0.6) is 5.75 Å². The fourth-order valence-electron chi connectivity index (χ4n) is 2.74. The number of likely N-dealkylation sites (N-methyl/N-ethyl adjacent to an activating group) is 1. The van der Waals surface area contributed by atoms with E-state index in [-0.39, 0.29) is 5.91 Å². The predicted molar refractivity (Wildman–Crippen MR) is 120 cm³/mol. The summed E-state index contributed by atoms with van der Waals surface area (Å²) in [6, 6.07) is 14.5. The fourth-order valence-corrected chi connectivity index (χ4v) is 3.73. The summed E-state index contributed by atoms with van der Waals surface area (Å²) in [6.45, 7) is 4.78. The van der Waals surface area contributed by atoms with Gasteiger partial charge in [-0.1, -0.05) is 25.1 Å². The molecule has 0 radical (unpaired) electrons. The number of aliphatic imine (C=N–C) groups is 1. The van der Waals surface area contributed by atoms with Gasteiger partial charge in [-0.15, -0.1) is 0 Å². The van der Waals surface area contributed by atoms with Crippen molar-refractivity contribution in [1.29, 1.82) is 0 Å². The Balaban J connectivity index is 1.82. The smallest absolute Gasteiger partial charge is 0.338 e. The molecule has 1 saturated heterocycles. The van der Waals surface area contributed by atoms with E-state index in [9.17, 15) is 9.59 Å². The van der Waals surface area contributed by atoms with Gasteiger partial charge in [0, 0.05) is 7.05 Å². The number of amides is 1. The van der Waals surface area contributed by atoms with E-state index >= 15 is 0 Å². The van der Waals surface area contributed by atoms with E-state index in [1.54, 1.807) is 38.2 Å². The maximum absolute atomic E-state index is 12.7. The molecule has 2 aromatic carbocycles. The van der Waals surface area contributed by atoms with Crippen LogP contribution in [-0.2, 0) is 9.53 Å². The van der Waals surface area contributed by atoms with Crippen LogP contribution in [0.3, 0.4) is 0 Å². The molecule has 0 aromatic heterocycles. The second-order valence-electron chi connectivity index (χ2n) is 6.56. The summed E-state index contributed by atoms with van der Waals surface area (Å²) in [7, 11) is 1.69. The van der Waals surface area contributed by atoms with Crippen molar-refractivity contribution in [2.24, 2.45) is 4.99 Å². The molecule has 1 aliphatic rings. The Kier molecular flexibility index (Phi) is 7.30. The molecule has 0 saturated carbocycles. The van der Waals surface area contributed by atoms with Crippen molar-refractivity contribution in [3.05, 3.63) is 64.6 Å². The minimum absolute atomic E-state index is 0.125. The maximum atomic E-state index is 12.7. The first-order valence-electron chi connectivity index (χ1n) is 9.78. The highest BCUT2D eigenvalue weighted by molar-refractivity contribution is 8.18. The fraction of sp³-hybridized carbons (Fsp3) is 0.261. The van der Waals surface area contributed by atoms with Crippen molar-refractivity contribution >= 4 is 40.6 Å². The average Bonchev–Trinajstić information content (AvgIpc) is 3.00. The van der Waals surface area contributed by atoms with Crippen molar-refractivity contribution in [2.45, 2.75) is 20.3 Å². The third-order valence-corrected chi connectivity index (χ3v) is 5.27. The van der Waals surface area contributed by atoms with Gasteiger partial charge < -0.3 is 9.47 Å². The second kappa shape index (κ2) is 10.1. The van der Waals surface area contributed by atoms with Gasteiger partial charge >= 0.3 is 5.97 Å². The highest BCUT2D eigenvalue weighted by atomic mass is 32.2. The molecular weight excluding hydrogens is 400 g/mol. The summed E-state index contributed by atoms with van der Waals surface area (Å²) in [5.41, 5.74) is 1.90. The summed E-state index contributed by atoms with van der Waals surface area (Å²) >= 11 is 1.30. The van der Waals surface area contributed by atoms with E-state index in [0.717, 1.165) is 17.7 Å². The number of thioether (sulfide) groups is 1. The first-order chi connectivity index (χ1) is 14.5. The van der Waals surface area contributed by atoms with E-state index in [4.69, 9.17) is 9.47 Å². The number of benzene rings is 2. The molecule has 0 unspecified atom stereocenters. The number of ether oxygens (including phenoxy) is 2. The molecule has 0 atom stereocenters. The van der Waals surface area contributed by atoms with Crippen LogP contribution >= 0.6 is 11.8 Å². The zero-order valence-corrected chi connectivity index (χ0v) is 18.1. The van der Waals surface area contributed by atoms with Gasteiger partial charge in [-0.05, 0) is 67.1 Å². The second-order valence-corrected chi connectivity index (χ2v) is 7.57. The molecule has 1 aliphatic heterocycles. The maximum Gasteiger partial charge on any atom is 0.338 e. The average molecular weight is 425 g/mol. The monoisotopic (exact) mass is 424 g/mol. The van der Waals surface area contributed by atoms with Gasteiger partial charge in [0.25, 0.3) is 5.91 Å². The van der Waals surface area contributed by atoms with E-state index in [0.29, 0.717) is 34.5 Å². The summed E-state index contributed by atoms with van der Waals surface area (Å²) in [4.78, 5) is 31.3. The molecular formula is C23H24N2O4S. The molecule has 6 nitrogen and oxygen atoms in total. The largest absolute Gasteiger partial charge is 0.494 e. The third kappa shape index (κ3) is 5.30. The normalized spacial score (nSPS) is 16.4. The van der Waals surface area contributed by atoms with Gasteiger partial charge in [0.05, 0.1) is 29.4 Å². The first kappa shape index (κ1) is 21.6. The van der Waals surface area contributed by atoms with Gasteiger partial charge in [0.2, 0.25) is 0 Å². The number of hydrogen-bond donors (Lipinski definition) is 0. The minimum atomic E-state index is -0.395. The van der Waals surface area contributed by atoms with E-state index in [1.807, 2.05) is 30.3 Å². The lowest BCUT2D eigenvalue weighted by Gasteiger charge is -2.08. The molecule has 0 N–H and O–H groups in total. The molecule has 0 aliphatic carbocycles. The van der Waals surface area contributed by atoms with Crippen molar-refractivity contribution in [1.82, 2.24) is 4.90 Å². The van der Waals surface area contributed by atoms with Gasteiger partial charge in [-0.25, -0.2) is 9.79 Å². The minimum Gasteiger partial charge on any atom is -0.494 e. The Labute approximate surface area is 180 Å². The van der Waals surface area contributed by atoms with Crippen LogP contribution in [0, 0.1) is 0 Å². The summed E-state index contributed by atoms with van der Waals surface area (Å²) in [5.74, 6) is 0.258. The van der Waals surface area contributed by atoms with Crippen LogP contribution in [0.2, 0.25) is 0 Å². The third-order valence-electron chi connectivity index (χ3n) is 4.21. The standard InChI is InChI=1S/C23H24N2O4S/c1-4-12-29-19-11-6-8-16(13-19)14-20-21(26)25(3)23(30-20)24-18-10-7-9-17(15-18)22(27)28-5-2/h6-11,13-15H,4-5,12H2,1-3H3. The van der Waals surface area contributed by atoms with Crippen LogP contribution in [-0.4, -0.2) is 42.2 Å². The quantitative estimate of drug-likeness (QED) is 0.468. The van der Waals surface area contributed by atoms with Gasteiger partial charge in [-0.2, -0.15) is 0 Å². The topological polar surface area (TPSA) is 68.2 Å². The molecule has 2 aromatic rings. The highest BCUT2D eigenvalue weighted by Gasteiger charge is 2.30. The summed E-state index contributed by atoms with van der Waals surface area (Å²) in [5, 5.41) is 0.547. The Morgan fingerprint density at radius 1 is 1.17 bits per heavy atom. The highest BCUT2D eigenvalue weighted by Crippen LogP contribution is 2.33. The molecule has 7 heteroatoms. The van der Waals surface area contributed by atoms with E-state index in [2.05, 4.69) is 11.9 Å². The number of nitrogens with zero attached hydrogens (tertiary/aromatic N) is 2. The lowest BCUT2D eigenvalue weighted by molar-refractivity contribution is -0.121. The molecule has 1 heterocycles. The lowest BCUT2D eigenvalue weighted by Crippen LogP contribution is -2.23. The van der Waals surface area contributed by atoms with Gasteiger partial charge in [0.15, 0.2) is 5.17 Å². The molecule has 30 heavy (non-hydrogen) atoms. The number of esters is 1. The van der Waals surface area contributed by atoms with Gasteiger partial charge in [0.1, 0.15) is 5.75 Å².